The fraction of sp³-hybridized carbons (Fsp3) is 0. The molecule has 0 radical (unpaired) electrons. The third-order valence-corrected chi connectivity index (χ3v) is 2.94. The molecule has 18 heavy (non-hydrogen) atoms. The average molecular weight is 236 g/mol. The minimum Gasteiger partial charge on any atom is -0.237 e. The third kappa shape index (κ3) is 1.76. The summed E-state index contributed by atoms with van der Waals surface area (Å²) in [6.45, 7) is 0. The SMILES string of the molecule is Bc1cc(-c2ccccc2F)nc2ncccc12. The lowest BCUT2D eigenvalue weighted by Crippen LogP contribution is -2.07. The summed E-state index contributed by atoms with van der Waals surface area (Å²) in [5.41, 5.74) is 2.83. The number of hydrogen-bond donors (Lipinski definition) is 0. The molecule has 2 nitrogen and oxygen atoms in total. The molecule has 0 N–H and O–H groups in total. The van der Waals surface area contributed by atoms with Crippen molar-refractivity contribution in [2.45, 2.75) is 0 Å². The van der Waals surface area contributed by atoms with E-state index < -0.39 is 0 Å². The van der Waals surface area contributed by atoms with Gasteiger partial charge in [0.2, 0.25) is 0 Å². The molecule has 0 aliphatic heterocycles. The van der Waals surface area contributed by atoms with Crippen LogP contribution in [0.4, 0.5) is 4.39 Å². The fourth-order valence-electron chi connectivity index (χ4n) is 2.03. The number of benzene rings is 1. The standard InChI is InChI=1S/C14H10BFN2/c15-11-8-13(10-4-1-2-6-12(10)16)18-14-9(11)5-3-7-17-14/h1-8H,15H2. The van der Waals surface area contributed by atoms with Crippen molar-refractivity contribution in [1.82, 2.24) is 9.97 Å². The normalized spacial score (nSPS) is 10.7. The summed E-state index contributed by atoms with van der Waals surface area (Å²) in [5.74, 6) is -0.264. The van der Waals surface area contributed by atoms with E-state index in [1.807, 2.05) is 26.0 Å². The van der Waals surface area contributed by atoms with Crippen LogP contribution >= 0.6 is 0 Å². The Labute approximate surface area is 105 Å². The van der Waals surface area contributed by atoms with Crippen LogP contribution in [0, 0.1) is 5.82 Å². The smallest absolute Gasteiger partial charge is 0.159 e. The lowest BCUT2D eigenvalue weighted by Gasteiger charge is -2.06. The zero-order valence-corrected chi connectivity index (χ0v) is 9.89. The lowest BCUT2D eigenvalue weighted by molar-refractivity contribution is 0.631. The van der Waals surface area contributed by atoms with Crippen LogP contribution in [-0.2, 0) is 0 Å². The number of rotatable bonds is 1. The van der Waals surface area contributed by atoms with Crippen LogP contribution in [-0.4, -0.2) is 17.8 Å². The summed E-state index contributed by atoms with van der Waals surface area (Å²) < 4.78 is 13.7. The first kappa shape index (κ1) is 10.9. The molecule has 0 saturated heterocycles. The van der Waals surface area contributed by atoms with E-state index in [1.165, 1.54) is 6.07 Å². The molecule has 0 bridgehead atoms. The van der Waals surface area contributed by atoms with E-state index in [2.05, 4.69) is 9.97 Å². The van der Waals surface area contributed by atoms with E-state index >= 15 is 0 Å². The van der Waals surface area contributed by atoms with Gasteiger partial charge in [-0.1, -0.05) is 23.7 Å². The van der Waals surface area contributed by atoms with Gasteiger partial charge in [-0.05, 0) is 24.3 Å². The molecular formula is C14H10BFN2. The summed E-state index contributed by atoms with van der Waals surface area (Å²) in [4.78, 5) is 8.64. The first-order valence-electron chi connectivity index (χ1n) is 5.73. The number of halogens is 1. The third-order valence-electron chi connectivity index (χ3n) is 2.94. The molecule has 0 amide bonds. The molecule has 0 fully saturated rings. The number of nitrogens with zero attached hydrogens (tertiary/aromatic N) is 2. The van der Waals surface area contributed by atoms with Gasteiger partial charge in [0.25, 0.3) is 0 Å². The van der Waals surface area contributed by atoms with Crippen LogP contribution in [0.15, 0.2) is 48.7 Å². The van der Waals surface area contributed by atoms with Crippen LogP contribution in [0.2, 0.25) is 0 Å². The molecule has 1 aromatic carbocycles. The van der Waals surface area contributed by atoms with Crippen molar-refractivity contribution in [2.24, 2.45) is 0 Å². The number of pyridine rings is 2. The molecule has 0 unspecified atom stereocenters. The minimum absolute atomic E-state index is 0.264. The zero-order valence-electron chi connectivity index (χ0n) is 9.89. The molecule has 0 aliphatic rings. The van der Waals surface area contributed by atoms with E-state index in [0.717, 1.165) is 10.8 Å². The Balaban J connectivity index is 2.28. The highest BCUT2D eigenvalue weighted by atomic mass is 19.1. The Morgan fingerprint density at radius 2 is 1.89 bits per heavy atom. The summed E-state index contributed by atoms with van der Waals surface area (Å²) in [5, 5.41) is 0.998. The highest BCUT2D eigenvalue weighted by Gasteiger charge is 2.08. The predicted molar refractivity (Wildman–Crippen MR) is 73.1 cm³/mol. The fourth-order valence-corrected chi connectivity index (χ4v) is 2.03. The highest BCUT2D eigenvalue weighted by Crippen LogP contribution is 2.21. The topological polar surface area (TPSA) is 25.8 Å². The van der Waals surface area contributed by atoms with E-state index in [0.29, 0.717) is 16.9 Å². The molecule has 0 saturated carbocycles. The van der Waals surface area contributed by atoms with Crippen LogP contribution in [0.25, 0.3) is 22.3 Å². The van der Waals surface area contributed by atoms with Gasteiger partial charge in [0.05, 0.1) is 5.69 Å². The van der Waals surface area contributed by atoms with E-state index in [4.69, 9.17) is 0 Å². The van der Waals surface area contributed by atoms with Crippen molar-refractivity contribution in [3.8, 4) is 11.3 Å². The highest BCUT2D eigenvalue weighted by molar-refractivity contribution is 6.38. The maximum absolute atomic E-state index is 13.7. The Morgan fingerprint density at radius 3 is 2.72 bits per heavy atom. The summed E-state index contributed by atoms with van der Waals surface area (Å²) in [6.07, 6.45) is 1.69. The van der Waals surface area contributed by atoms with Crippen LogP contribution in [0.1, 0.15) is 0 Å². The van der Waals surface area contributed by atoms with Gasteiger partial charge in [0, 0.05) is 17.1 Å². The quantitative estimate of drug-likeness (QED) is 0.601. The maximum Gasteiger partial charge on any atom is 0.159 e. The predicted octanol–water partition coefficient (Wildman–Crippen LogP) is 1.69. The summed E-state index contributed by atoms with van der Waals surface area (Å²) >= 11 is 0. The maximum atomic E-state index is 13.7. The van der Waals surface area contributed by atoms with E-state index in [-0.39, 0.29) is 5.82 Å². The second kappa shape index (κ2) is 4.22. The first-order valence-corrected chi connectivity index (χ1v) is 5.73. The minimum atomic E-state index is -0.264. The summed E-state index contributed by atoms with van der Waals surface area (Å²) in [6, 6.07) is 12.4. The van der Waals surface area contributed by atoms with E-state index in [9.17, 15) is 4.39 Å². The van der Waals surface area contributed by atoms with Crippen LogP contribution in [0.5, 0.6) is 0 Å². The van der Waals surface area contributed by atoms with Crippen LogP contribution in [0.3, 0.4) is 0 Å². The largest absolute Gasteiger partial charge is 0.237 e. The van der Waals surface area contributed by atoms with Gasteiger partial charge in [0.15, 0.2) is 5.65 Å². The van der Waals surface area contributed by atoms with Gasteiger partial charge in [-0.15, -0.1) is 0 Å². The van der Waals surface area contributed by atoms with Crippen molar-refractivity contribution in [3.05, 3.63) is 54.5 Å². The molecule has 4 heteroatoms. The first-order chi connectivity index (χ1) is 8.75. The van der Waals surface area contributed by atoms with Crippen molar-refractivity contribution < 1.29 is 4.39 Å². The molecule has 0 aliphatic carbocycles. The monoisotopic (exact) mass is 236 g/mol. The molecule has 2 aromatic heterocycles. The second-order valence-corrected chi connectivity index (χ2v) is 4.18. The van der Waals surface area contributed by atoms with Gasteiger partial charge in [-0.2, -0.15) is 0 Å². The molecule has 3 aromatic rings. The summed E-state index contributed by atoms with van der Waals surface area (Å²) in [7, 11) is 1.98. The molecule has 0 spiro atoms. The molecule has 0 atom stereocenters. The average Bonchev–Trinajstić information content (AvgIpc) is 2.39. The van der Waals surface area contributed by atoms with Gasteiger partial charge in [0.1, 0.15) is 13.7 Å². The molecule has 3 rings (SSSR count). The second-order valence-electron chi connectivity index (χ2n) is 4.18. The molecular weight excluding hydrogens is 226 g/mol. The van der Waals surface area contributed by atoms with Crippen molar-refractivity contribution in [1.29, 1.82) is 0 Å². The van der Waals surface area contributed by atoms with Crippen molar-refractivity contribution in [2.75, 3.05) is 0 Å². The Bertz CT molecular complexity index is 728. The van der Waals surface area contributed by atoms with Gasteiger partial charge < -0.3 is 0 Å². The lowest BCUT2D eigenvalue weighted by atomic mass is 9.91. The molecule has 86 valence electrons. The molecule has 2 heterocycles. The zero-order chi connectivity index (χ0) is 12.5. The van der Waals surface area contributed by atoms with Gasteiger partial charge in [-0.25, -0.2) is 14.4 Å². The Kier molecular flexibility index (Phi) is 2.56. The Morgan fingerprint density at radius 1 is 1.06 bits per heavy atom. The number of hydrogen-bond acceptors (Lipinski definition) is 2. The number of aromatic nitrogens is 2. The van der Waals surface area contributed by atoms with Crippen LogP contribution < -0.4 is 5.46 Å². The Hall–Kier alpha value is -2.23. The van der Waals surface area contributed by atoms with Crippen molar-refractivity contribution >= 4 is 24.3 Å². The number of fused-ring (bicyclic) bond motifs is 1. The van der Waals surface area contributed by atoms with Gasteiger partial charge in [-0.3, -0.25) is 0 Å². The van der Waals surface area contributed by atoms with Crippen molar-refractivity contribution in [3.63, 3.8) is 0 Å². The van der Waals surface area contributed by atoms with E-state index in [1.54, 1.807) is 24.4 Å². The van der Waals surface area contributed by atoms with Gasteiger partial charge >= 0.3 is 0 Å².